The number of para-hydroxylation sites is 1. The fraction of sp³-hybridized carbons (Fsp3) is 0.438. The molecule has 4 N–H and O–H groups in total. The number of carbonyl (C=O) groups is 3. The van der Waals surface area contributed by atoms with E-state index in [4.69, 9.17) is 5.73 Å². The second-order valence-electron chi connectivity index (χ2n) is 5.62. The molecule has 7 heteroatoms. The largest absolute Gasteiger partial charge is 0.352 e. The Morgan fingerprint density at radius 2 is 2.00 bits per heavy atom. The molecule has 0 aromatic heterocycles. The van der Waals surface area contributed by atoms with Gasteiger partial charge in [0.25, 0.3) is 0 Å². The molecule has 1 atom stereocenters. The van der Waals surface area contributed by atoms with E-state index in [2.05, 4.69) is 10.6 Å². The third kappa shape index (κ3) is 4.45. The highest BCUT2D eigenvalue weighted by Crippen LogP contribution is 2.20. The molecule has 1 aliphatic rings. The number of anilines is 1. The summed E-state index contributed by atoms with van der Waals surface area (Å²) in [5.41, 5.74) is 6.08. The van der Waals surface area contributed by atoms with E-state index in [0.29, 0.717) is 24.3 Å². The number of piperidine rings is 1. The molecule has 7 nitrogen and oxygen atoms in total. The first-order chi connectivity index (χ1) is 11.0. The highest BCUT2D eigenvalue weighted by molar-refractivity contribution is 6.03. The average molecular weight is 318 g/mol. The lowest BCUT2D eigenvalue weighted by molar-refractivity contribution is 0.101. The molecule has 1 aliphatic heterocycles. The van der Waals surface area contributed by atoms with Gasteiger partial charge in [-0.3, -0.25) is 4.79 Å². The first kappa shape index (κ1) is 16.8. The van der Waals surface area contributed by atoms with E-state index in [1.54, 1.807) is 29.2 Å². The molecule has 2 rings (SSSR count). The van der Waals surface area contributed by atoms with Crippen LogP contribution in [0.3, 0.4) is 0 Å². The van der Waals surface area contributed by atoms with Crippen LogP contribution in [0.2, 0.25) is 0 Å². The number of benzene rings is 1. The third-order valence-corrected chi connectivity index (χ3v) is 3.95. The second kappa shape index (κ2) is 7.62. The fourth-order valence-electron chi connectivity index (χ4n) is 2.78. The Morgan fingerprint density at radius 1 is 1.26 bits per heavy atom. The summed E-state index contributed by atoms with van der Waals surface area (Å²) in [4.78, 5) is 36.8. The molecule has 0 saturated carbocycles. The molecule has 124 valence electrons. The molecule has 23 heavy (non-hydrogen) atoms. The molecule has 1 fully saturated rings. The zero-order valence-corrected chi connectivity index (χ0v) is 13.2. The summed E-state index contributed by atoms with van der Waals surface area (Å²) in [5, 5.41) is 5.36. The Hall–Kier alpha value is -2.57. The summed E-state index contributed by atoms with van der Waals surface area (Å²) in [6.07, 6.45) is 2.72. The number of hydrogen-bond donors (Lipinski definition) is 3. The number of urea groups is 2. The SMILES string of the molecule is CC(=O)c1ccccc1NC(=O)N1CCCC[C@H]1CNC(N)=O. The van der Waals surface area contributed by atoms with E-state index in [0.717, 1.165) is 19.3 Å². The minimum atomic E-state index is -0.599. The lowest BCUT2D eigenvalue weighted by Crippen LogP contribution is -2.51. The van der Waals surface area contributed by atoms with Crippen molar-refractivity contribution in [2.75, 3.05) is 18.4 Å². The van der Waals surface area contributed by atoms with E-state index in [-0.39, 0.29) is 17.9 Å². The molecule has 0 radical (unpaired) electrons. The first-order valence-electron chi connectivity index (χ1n) is 7.70. The molecule has 1 aromatic rings. The Balaban J connectivity index is 2.08. The standard InChI is InChI=1S/C16H22N4O3/c1-11(21)13-7-2-3-8-14(13)19-16(23)20-9-5-4-6-12(20)10-18-15(17)22/h2-3,7-8,12H,4-6,9-10H2,1H3,(H,19,23)(H3,17,18,22)/t12-/m0/s1. The van der Waals surface area contributed by atoms with E-state index < -0.39 is 6.03 Å². The minimum absolute atomic E-state index is 0.0965. The van der Waals surface area contributed by atoms with E-state index >= 15 is 0 Å². The summed E-state index contributed by atoms with van der Waals surface area (Å²) in [6.45, 7) is 2.40. The number of hydrogen-bond acceptors (Lipinski definition) is 3. The van der Waals surface area contributed by atoms with Crippen LogP contribution in [0.5, 0.6) is 0 Å². The smallest absolute Gasteiger partial charge is 0.322 e. The van der Waals surface area contributed by atoms with E-state index in [9.17, 15) is 14.4 Å². The second-order valence-corrected chi connectivity index (χ2v) is 5.62. The van der Waals surface area contributed by atoms with Crippen molar-refractivity contribution in [3.8, 4) is 0 Å². The molecular formula is C16H22N4O3. The maximum Gasteiger partial charge on any atom is 0.322 e. The molecule has 0 unspecified atom stereocenters. The van der Waals surface area contributed by atoms with Gasteiger partial charge in [-0.1, -0.05) is 12.1 Å². The number of amides is 4. The summed E-state index contributed by atoms with van der Waals surface area (Å²) in [6, 6.07) is 5.94. The van der Waals surface area contributed by atoms with Crippen LogP contribution in [0.1, 0.15) is 36.5 Å². The topological polar surface area (TPSA) is 105 Å². The zero-order valence-electron chi connectivity index (χ0n) is 13.2. The van der Waals surface area contributed by atoms with Crippen molar-refractivity contribution >= 4 is 23.5 Å². The van der Waals surface area contributed by atoms with Crippen molar-refractivity contribution in [2.45, 2.75) is 32.2 Å². The Kier molecular flexibility index (Phi) is 5.56. The lowest BCUT2D eigenvalue weighted by Gasteiger charge is -2.35. The number of nitrogens with two attached hydrogens (primary N) is 1. The van der Waals surface area contributed by atoms with E-state index in [1.165, 1.54) is 6.92 Å². The van der Waals surface area contributed by atoms with Crippen LogP contribution in [0, 0.1) is 0 Å². The number of likely N-dealkylation sites (tertiary alicyclic amines) is 1. The van der Waals surface area contributed by atoms with Crippen molar-refractivity contribution in [2.24, 2.45) is 5.73 Å². The van der Waals surface area contributed by atoms with Crippen molar-refractivity contribution in [1.29, 1.82) is 0 Å². The minimum Gasteiger partial charge on any atom is -0.352 e. The zero-order chi connectivity index (χ0) is 16.8. The van der Waals surface area contributed by atoms with Gasteiger partial charge in [0.05, 0.1) is 11.7 Å². The molecule has 0 spiro atoms. The predicted octanol–water partition coefficient (Wildman–Crippen LogP) is 1.94. The lowest BCUT2D eigenvalue weighted by atomic mass is 10.0. The van der Waals surface area contributed by atoms with Crippen LogP contribution in [0.25, 0.3) is 0 Å². The molecule has 0 aliphatic carbocycles. The van der Waals surface area contributed by atoms with Gasteiger partial charge in [0.2, 0.25) is 0 Å². The molecular weight excluding hydrogens is 296 g/mol. The van der Waals surface area contributed by atoms with Crippen molar-refractivity contribution in [3.63, 3.8) is 0 Å². The highest BCUT2D eigenvalue weighted by Gasteiger charge is 2.27. The van der Waals surface area contributed by atoms with Crippen LogP contribution < -0.4 is 16.4 Å². The summed E-state index contributed by atoms with van der Waals surface area (Å²) < 4.78 is 0. The average Bonchev–Trinajstić information content (AvgIpc) is 2.53. The van der Waals surface area contributed by atoms with E-state index in [1.807, 2.05) is 0 Å². The number of Topliss-reactive ketones (excluding diaryl/α,β-unsaturated/α-hetero) is 1. The van der Waals surface area contributed by atoms with Gasteiger partial charge in [0, 0.05) is 18.7 Å². The first-order valence-corrected chi connectivity index (χ1v) is 7.70. The molecule has 1 saturated heterocycles. The van der Waals surface area contributed by atoms with Gasteiger partial charge in [0.15, 0.2) is 5.78 Å². The van der Waals surface area contributed by atoms with Gasteiger partial charge >= 0.3 is 12.1 Å². The third-order valence-electron chi connectivity index (χ3n) is 3.95. The molecule has 1 heterocycles. The van der Waals surface area contributed by atoms with Gasteiger partial charge in [-0.15, -0.1) is 0 Å². The van der Waals surface area contributed by atoms with Crippen molar-refractivity contribution in [3.05, 3.63) is 29.8 Å². The quantitative estimate of drug-likeness (QED) is 0.739. The number of carbonyl (C=O) groups excluding carboxylic acids is 3. The fourth-order valence-corrected chi connectivity index (χ4v) is 2.78. The van der Waals surface area contributed by atoms with Gasteiger partial charge in [-0.2, -0.15) is 0 Å². The molecule has 1 aromatic carbocycles. The Labute approximate surface area is 135 Å². The van der Waals surface area contributed by atoms with Crippen molar-refractivity contribution in [1.82, 2.24) is 10.2 Å². The van der Waals surface area contributed by atoms with Crippen LogP contribution in [-0.4, -0.2) is 41.9 Å². The summed E-state index contributed by atoms with van der Waals surface area (Å²) in [7, 11) is 0. The molecule has 0 bridgehead atoms. The highest BCUT2D eigenvalue weighted by atomic mass is 16.2. The summed E-state index contributed by atoms with van der Waals surface area (Å²) in [5.74, 6) is -0.105. The van der Waals surface area contributed by atoms with Gasteiger partial charge < -0.3 is 21.3 Å². The van der Waals surface area contributed by atoms with Crippen LogP contribution >= 0.6 is 0 Å². The number of ketones is 1. The molecule has 4 amide bonds. The Morgan fingerprint density at radius 3 is 2.70 bits per heavy atom. The van der Waals surface area contributed by atoms with Gasteiger partial charge in [-0.25, -0.2) is 9.59 Å². The Bertz CT molecular complexity index is 603. The van der Waals surface area contributed by atoms with Crippen LogP contribution in [0.15, 0.2) is 24.3 Å². The predicted molar refractivity (Wildman–Crippen MR) is 87.4 cm³/mol. The number of rotatable bonds is 4. The van der Waals surface area contributed by atoms with Gasteiger partial charge in [-0.05, 0) is 38.3 Å². The number of primary amides is 1. The normalized spacial score (nSPS) is 17.4. The maximum absolute atomic E-state index is 12.6. The monoisotopic (exact) mass is 318 g/mol. The maximum atomic E-state index is 12.6. The summed E-state index contributed by atoms with van der Waals surface area (Å²) >= 11 is 0. The number of nitrogens with zero attached hydrogens (tertiary/aromatic N) is 1. The van der Waals surface area contributed by atoms with Gasteiger partial charge in [0.1, 0.15) is 0 Å². The van der Waals surface area contributed by atoms with Crippen LogP contribution in [-0.2, 0) is 0 Å². The van der Waals surface area contributed by atoms with Crippen molar-refractivity contribution < 1.29 is 14.4 Å². The number of nitrogens with one attached hydrogen (secondary N) is 2. The van der Waals surface area contributed by atoms with Crippen LogP contribution in [0.4, 0.5) is 15.3 Å².